The lowest BCUT2D eigenvalue weighted by molar-refractivity contribution is 0.0729. The van der Waals surface area contributed by atoms with Crippen molar-refractivity contribution in [1.29, 1.82) is 0 Å². The van der Waals surface area contributed by atoms with E-state index in [9.17, 15) is 4.79 Å². The minimum atomic E-state index is 0.0628. The molecule has 2 aromatic carbocycles. The van der Waals surface area contributed by atoms with Gasteiger partial charge >= 0.3 is 0 Å². The first-order valence-corrected chi connectivity index (χ1v) is 11.1. The molecule has 0 spiro atoms. The molecular formula is C25H32N2O3. The molecule has 1 aliphatic heterocycles. The normalized spacial score (nSPS) is 16.8. The van der Waals surface area contributed by atoms with Crippen molar-refractivity contribution in [2.45, 2.75) is 44.7 Å². The zero-order valence-electron chi connectivity index (χ0n) is 17.9. The summed E-state index contributed by atoms with van der Waals surface area (Å²) >= 11 is 0. The van der Waals surface area contributed by atoms with Crippen LogP contribution in [0.5, 0.6) is 11.5 Å². The predicted octanol–water partition coefficient (Wildman–Crippen LogP) is 4.36. The van der Waals surface area contributed by atoms with Gasteiger partial charge in [-0.25, -0.2) is 0 Å². The maximum Gasteiger partial charge on any atom is 0.254 e. The zero-order valence-corrected chi connectivity index (χ0v) is 17.9. The molecule has 4 rings (SSSR count). The number of ether oxygens (including phenoxy) is 2. The number of hydrogen-bond donors (Lipinski definition) is 0. The Morgan fingerprint density at radius 1 is 1.03 bits per heavy atom. The molecular weight excluding hydrogens is 376 g/mol. The zero-order chi connectivity index (χ0) is 20.8. The molecule has 0 bridgehead atoms. The maximum atomic E-state index is 13.2. The molecule has 160 valence electrons. The number of rotatable bonds is 9. The van der Waals surface area contributed by atoms with E-state index in [0.717, 1.165) is 30.7 Å². The highest BCUT2D eigenvalue weighted by Gasteiger charge is 2.33. The van der Waals surface area contributed by atoms with Gasteiger partial charge in [0.1, 0.15) is 18.1 Å². The molecule has 2 fully saturated rings. The van der Waals surface area contributed by atoms with E-state index in [1.54, 1.807) is 7.11 Å². The van der Waals surface area contributed by atoms with Gasteiger partial charge in [-0.1, -0.05) is 24.6 Å². The Morgan fingerprint density at radius 2 is 1.80 bits per heavy atom. The van der Waals surface area contributed by atoms with Crippen molar-refractivity contribution in [3.8, 4) is 11.5 Å². The lowest BCUT2D eigenvalue weighted by Gasteiger charge is -2.26. The van der Waals surface area contributed by atoms with Gasteiger partial charge in [0, 0.05) is 24.7 Å². The van der Waals surface area contributed by atoms with Gasteiger partial charge in [-0.15, -0.1) is 0 Å². The molecule has 2 aromatic rings. The Morgan fingerprint density at radius 3 is 2.57 bits per heavy atom. The van der Waals surface area contributed by atoms with Gasteiger partial charge in [0.2, 0.25) is 0 Å². The van der Waals surface area contributed by atoms with Gasteiger partial charge in [0.15, 0.2) is 0 Å². The number of benzene rings is 2. The first-order valence-electron chi connectivity index (χ1n) is 11.1. The summed E-state index contributed by atoms with van der Waals surface area (Å²) in [6.45, 7) is 4.66. The minimum absolute atomic E-state index is 0.0628. The van der Waals surface area contributed by atoms with Crippen molar-refractivity contribution in [2.75, 3.05) is 33.4 Å². The van der Waals surface area contributed by atoms with E-state index in [-0.39, 0.29) is 5.91 Å². The summed E-state index contributed by atoms with van der Waals surface area (Å²) in [6, 6.07) is 15.9. The molecule has 0 atom stereocenters. The van der Waals surface area contributed by atoms with Crippen LogP contribution >= 0.6 is 0 Å². The quantitative estimate of drug-likeness (QED) is 0.618. The van der Waals surface area contributed by atoms with Crippen LogP contribution < -0.4 is 9.47 Å². The fourth-order valence-corrected chi connectivity index (χ4v) is 4.08. The van der Waals surface area contributed by atoms with Crippen LogP contribution in [0.4, 0.5) is 0 Å². The Hall–Kier alpha value is -2.53. The molecule has 5 nitrogen and oxygen atoms in total. The van der Waals surface area contributed by atoms with E-state index in [0.29, 0.717) is 30.5 Å². The fourth-order valence-electron chi connectivity index (χ4n) is 4.08. The van der Waals surface area contributed by atoms with Crippen LogP contribution in [0, 0.1) is 0 Å². The Labute approximate surface area is 179 Å². The van der Waals surface area contributed by atoms with Crippen molar-refractivity contribution in [2.24, 2.45) is 0 Å². The summed E-state index contributed by atoms with van der Waals surface area (Å²) in [4.78, 5) is 17.6. The van der Waals surface area contributed by atoms with E-state index in [4.69, 9.17) is 9.47 Å². The van der Waals surface area contributed by atoms with Gasteiger partial charge in [0.05, 0.1) is 7.11 Å². The molecule has 5 heteroatoms. The lowest BCUT2D eigenvalue weighted by atomic mass is 10.1. The van der Waals surface area contributed by atoms with Crippen molar-refractivity contribution >= 4 is 5.91 Å². The topological polar surface area (TPSA) is 42.0 Å². The van der Waals surface area contributed by atoms with Crippen molar-refractivity contribution in [3.05, 3.63) is 59.7 Å². The van der Waals surface area contributed by atoms with Crippen LogP contribution in [0.1, 0.15) is 48.0 Å². The van der Waals surface area contributed by atoms with E-state index < -0.39 is 0 Å². The smallest absolute Gasteiger partial charge is 0.254 e. The second-order valence-corrected chi connectivity index (χ2v) is 8.29. The predicted molar refractivity (Wildman–Crippen MR) is 118 cm³/mol. The minimum Gasteiger partial charge on any atom is -0.497 e. The molecule has 0 N–H and O–H groups in total. The second kappa shape index (κ2) is 9.98. The van der Waals surface area contributed by atoms with Crippen LogP contribution in [0.2, 0.25) is 0 Å². The summed E-state index contributed by atoms with van der Waals surface area (Å²) < 4.78 is 11.3. The molecule has 2 aliphatic rings. The summed E-state index contributed by atoms with van der Waals surface area (Å²) in [5.74, 6) is 1.66. The number of amides is 1. The van der Waals surface area contributed by atoms with Crippen LogP contribution in [0.15, 0.2) is 48.5 Å². The summed E-state index contributed by atoms with van der Waals surface area (Å²) in [7, 11) is 1.62. The van der Waals surface area contributed by atoms with Gasteiger partial charge < -0.3 is 14.4 Å². The SMILES string of the molecule is COc1cccc(C(=O)N(Cc2cccc(OCCN3CCCCC3)c2)C2CC2)c1. The summed E-state index contributed by atoms with van der Waals surface area (Å²) in [5.41, 5.74) is 1.78. The van der Waals surface area contributed by atoms with Crippen LogP contribution in [0.25, 0.3) is 0 Å². The first-order chi connectivity index (χ1) is 14.7. The molecule has 1 amide bonds. The van der Waals surface area contributed by atoms with Gasteiger partial charge in [-0.3, -0.25) is 9.69 Å². The van der Waals surface area contributed by atoms with Crippen molar-refractivity contribution in [1.82, 2.24) is 9.80 Å². The second-order valence-electron chi connectivity index (χ2n) is 8.29. The van der Waals surface area contributed by atoms with Gasteiger partial charge in [0.25, 0.3) is 5.91 Å². The van der Waals surface area contributed by atoms with E-state index in [1.165, 1.54) is 32.4 Å². The number of carbonyl (C=O) groups is 1. The van der Waals surface area contributed by atoms with E-state index in [1.807, 2.05) is 41.3 Å². The monoisotopic (exact) mass is 408 g/mol. The average Bonchev–Trinajstić information content (AvgIpc) is 3.63. The number of methoxy groups -OCH3 is 1. The Kier molecular flexibility index (Phi) is 6.90. The highest BCUT2D eigenvalue weighted by molar-refractivity contribution is 5.95. The molecule has 1 saturated carbocycles. The van der Waals surface area contributed by atoms with E-state index in [2.05, 4.69) is 17.0 Å². The van der Waals surface area contributed by atoms with Crippen molar-refractivity contribution in [3.63, 3.8) is 0 Å². The number of hydrogen-bond acceptors (Lipinski definition) is 4. The van der Waals surface area contributed by atoms with Gasteiger partial charge in [-0.05, 0) is 74.7 Å². The maximum absolute atomic E-state index is 13.2. The van der Waals surface area contributed by atoms with Crippen LogP contribution in [-0.2, 0) is 6.54 Å². The fraction of sp³-hybridized carbons (Fsp3) is 0.480. The van der Waals surface area contributed by atoms with E-state index >= 15 is 0 Å². The number of likely N-dealkylation sites (tertiary alicyclic amines) is 1. The first kappa shape index (κ1) is 20.7. The van der Waals surface area contributed by atoms with Crippen molar-refractivity contribution < 1.29 is 14.3 Å². The number of piperidine rings is 1. The summed E-state index contributed by atoms with van der Waals surface area (Å²) in [6.07, 6.45) is 6.09. The largest absolute Gasteiger partial charge is 0.497 e. The highest BCUT2D eigenvalue weighted by atomic mass is 16.5. The third-order valence-corrected chi connectivity index (χ3v) is 5.94. The molecule has 0 aromatic heterocycles. The molecule has 1 aliphatic carbocycles. The molecule has 1 heterocycles. The molecule has 0 radical (unpaired) electrons. The Bertz CT molecular complexity index is 844. The standard InChI is InChI=1S/C25H32N2O3/c1-29-23-9-6-8-21(18-23)25(28)27(22-11-12-22)19-20-7-5-10-24(17-20)30-16-15-26-13-3-2-4-14-26/h5-10,17-18,22H,2-4,11-16,19H2,1H3. The highest BCUT2D eigenvalue weighted by Crippen LogP contribution is 2.31. The lowest BCUT2D eigenvalue weighted by Crippen LogP contribution is -2.33. The van der Waals surface area contributed by atoms with Crippen LogP contribution in [-0.4, -0.2) is 55.1 Å². The third kappa shape index (κ3) is 5.54. The Balaban J connectivity index is 1.37. The average molecular weight is 409 g/mol. The van der Waals surface area contributed by atoms with Gasteiger partial charge in [-0.2, -0.15) is 0 Å². The molecule has 30 heavy (non-hydrogen) atoms. The summed E-state index contributed by atoms with van der Waals surface area (Å²) in [5, 5.41) is 0. The number of carbonyl (C=O) groups excluding carboxylic acids is 1. The number of nitrogens with zero attached hydrogens (tertiary/aromatic N) is 2. The molecule has 1 saturated heterocycles. The third-order valence-electron chi connectivity index (χ3n) is 5.94. The molecule has 0 unspecified atom stereocenters. The van der Waals surface area contributed by atoms with Crippen LogP contribution in [0.3, 0.4) is 0 Å².